The molecular formula is C18H20. The largest absolute Gasteiger partial charge is 0.0737 e. The molecular weight excluding hydrogens is 216 g/mol. The fourth-order valence-corrected chi connectivity index (χ4v) is 2.36. The Labute approximate surface area is 110 Å². The molecule has 0 N–H and O–H groups in total. The Morgan fingerprint density at radius 1 is 0.944 bits per heavy atom. The Balaban J connectivity index is 2.26. The Hall–Kier alpha value is -1.82. The first-order valence-electron chi connectivity index (χ1n) is 6.48. The van der Waals surface area contributed by atoms with Gasteiger partial charge < -0.3 is 0 Å². The molecule has 92 valence electrons. The summed E-state index contributed by atoms with van der Waals surface area (Å²) in [5.41, 5.74) is 5.42. The highest BCUT2D eigenvalue weighted by atomic mass is 14.1. The van der Waals surface area contributed by atoms with E-state index in [0.29, 0.717) is 5.92 Å². The molecule has 0 aliphatic rings. The molecule has 18 heavy (non-hydrogen) atoms. The molecule has 0 bridgehead atoms. The normalized spacial score (nSPS) is 13.4. The van der Waals surface area contributed by atoms with Crippen LogP contribution in [-0.4, -0.2) is 0 Å². The molecule has 0 radical (unpaired) electrons. The zero-order chi connectivity index (χ0) is 13.0. The van der Waals surface area contributed by atoms with E-state index in [1.165, 1.54) is 22.3 Å². The summed E-state index contributed by atoms with van der Waals surface area (Å²) in [5.74, 6) is 0.450. The van der Waals surface area contributed by atoms with Crippen molar-refractivity contribution in [1.29, 1.82) is 0 Å². The van der Waals surface area contributed by atoms with Crippen LogP contribution in [0, 0.1) is 6.92 Å². The van der Waals surface area contributed by atoms with Gasteiger partial charge in [0.15, 0.2) is 0 Å². The van der Waals surface area contributed by atoms with Crippen molar-refractivity contribution in [2.24, 2.45) is 0 Å². The first kappa shape index (κ1) is 12.6. The molecule has 0 fully saturated rings. The zero-order valence-corrected chi connectivity index (χ0v) is 11.4. The van der Waals surface area contributed by atoms with Gasteiger partial charge in [-0.3, -0.25) is 0 Å². The number of allylic oxidation sites excluding steroid dienone is 2. The van der Waals surface area contributed by atoms with E-state index in [1.807, 2.05) is 0 Å². The highest BCUT2D eigenvalue weighted by Crippen LogP contribution is 2.24. The fourth-order valence-electron chi connectivity index (χ4n) is 2.36. The molecule has 0 saturated heterocycles. The van der Waals surface area contributed by atoms with Crippen LogP contribution in [-0.2, 0) is 0 Å². The summed E-state index contributed by atoms with van der Waals surface area (Å²) in [6.45, 7) is 6.62. The van der Waals surface area contributed by atoms with Crippen LogP contribution < -0.4 is 0 Å². The van der Waals surface area contributed by atoms with Crippen molar-refractivity contribution in [3.8, 4) is 0 Å². The van der Waals surface area contributed by atoms with Gasteiger partial charge >= 0.3 is 0 Å². The van der Waals surface area contributed by atoms with Crippen molar-refractivity contribution in [2.45, 2.75) is 26.7 Å². The van der Waals surface area contributed by atoms with Crippen molar-refractivity contribution >= 4 is 5.57 Å². The quantitative estimate of drug-likeness (QED) is 0.687. The van der Waals surface area contributed by atoms with Crippen LogP contribution in [0.1, 0.15) is 36.5 Å². The molecule has 0 aromatic heterocycles. The smallest absolute Gasteiger partial charge is 0.000189 e. The van der Waals surface area contributed by atoms with E-state index >= 15 is 0 Å². The summed E-state index contributed by atoms with van der Waals surface area (Å²) in [6, 6.07) is 19.2. The maximum Gasteiger partial charge on any atom is -0.000189 e. The number of hydrogen-bond donors (Lipinski definition) is 0. The number of benzene rings is 2. The second-order valence-electron chi connectivity index (χ2n) is 4.86. The first-order chi connectivity index (χ1) is 8.68. The Bertz CT molecular complexity index is 535. The van der Waals surface area contributed by atoms with Gasteiger partial charge in [-0.1, -0.05) is 67.6 Å². The van der Waals surface area contributed by atoms with E-state index in [0.717, 1.165) is 0 Å². The molecule has 0 saturated carbocycles. The molecule has 0 heterocycles. The van der Waals surface area contributed by atoms with Crippen LogP contribution in [0.3, 0.4) is 0 Å². The molecule has 0 spiro atoms. The first-order valence-corrected chi connectivity index (χ1v) is 6.48. The van der Waals surface area contributed by atoms with Crippen molar-refractivity contribution < 1.29 is 0 Å². The van der Waals surface area contributed by atoms with Gasteiger partial charge in [-0.05, 0) is 42.0 Å². The summed E-state index contributed by atoms with van der Waals surface area (Å²) in [5, 5.41) is 0. The van der Waals surface area contributed by atoms with Crippen molar-refractivity contribution in [3.05, 3.63) is 77.4 Å². The lowest BCUT2D eigenvalue weighted by Crippen LogP contribution is -1.94. The van der Waals surface area contributed by atoms with Gasteiger partial charge in [-0.2, -0.15) is 0 Å². The van der Waals surface area contributed by atoms with Crippen molar-refractivity contribution in [3.63, 3.8) is 0 Å². The van der Waals surface area contributed by atoms with Gasteiger partial charge in [-0.15, -0.1) is 0 Å². The lowest BCUT2D eigenvalue weighted by Gasteiger charge is -2.12. The molecule has 2 rings (SSSR count). The van der Waals surface area contributed by atoms with E-state index in [2.05, 4.69) is 81.4 Å². The van der Waals surface area contributed by atoms with Crippen LogP contribution in [0.2, 0.25) is 0 Å². The van der Waals surface area contributed by atoms with E-state index in [-0.39, 0.29) is 0 Å². The summed E-state index contributed by atoms with van der Waals surface area (Å²) in [4.78, 5) is 0. The average molecular weight is 236 g/mol. The molecule has 2 aromatic rings. The van der Waals surface area contributed by atoms with Crippen LogP contribution in [0.15, 0.2) is 60.7 Å². The van der Waals surface area contributed by atoms with Crippen LogP contribution in [0.25, 0.3) is 5.57 Å². The van der Waals surface area contributed by atoms with E-state index in [9.17, 15) is 0 Å². The standard InChI is InChI=1S/C18H20/c1-14-9-7-8-12-18(14)16(3)13-15(2)17-10-5-4-6-11-17/h4-13,16H,1-3H3/b15-13+. The maximum absolute atomic E-state index is 2.34. The topological polar surface area (TPSA) is 0 Å². The third kappa shape index (κ3) is 2.89. The van der Waals surface area contributed by atoms with Crippen LogP contribution >= 0.6 is 0 Å². The minimum atomic E-state index is 0.450. The Morgan fingerprint density at radius 2 is 1.56 bits per heavy atom. The SMILES string of the molecule is C/C(=C\C(C)c1ccccc1C)c1ccccc1. The van der Waals surface area contributed by atoms with Crippen LogP contribution in [0.4, 0.5) is 0 Å². The predicted octanol–water partition coefficient (Wildman–Crippen LogP) is 5.20. The highest BCUT2D eigenvalue weighted by Gasteiger charge is 2.05. The van der Waals surface area contributed by atoms with Crippen molar-refractivity contribution in [1.82, 2.24) is 0 Å². The Kier molecular flexibility index (Phi) is 3.99. The summed E-state index contributed by atoms with van der Waals surface area (Å²) in [7, 11) is 0. The van der Waals surface area contributed by atoms with E-state index in [1.54, 1.807) is 0 Å². The average Bonchev–Trinajstić information content (AvgIpc) is 2.40. The lowest BCUT2D eigenvalue weighted by molar-refractivity contribution is 0.953. The predicted molar refractivity (Wildman–Crippen MR) is 79.7 cm³/mol. The van der Waals surface area contributed by atoms with E-state index in [4.69, 9.17) is 0 Å². The maximum atomic E-state index is 2.34. The van der Waals surface area contributed by atoms with Gasteiger partial charge in [0.05, 0.1) is 0 Å². The summed E-state index contributed by atoms with van der Waals surface area (Å²) >= 11 is 0. The summed E-state index contributed by atoms with van der Waals surface area (Å²) < 4.78 is 0. The molecule has 0 amide bonds. The van der Waals surface area contributed by atoms with Gasteiger partial charge in [-0.25, -0.2) is 0 Å². The molecule has 2 aromatic carbocycles. The number of rotatable bonds is 3. The molecule has 1 atom stereocenters. The molecule has 0 aliphatic carbocycles. The van der Waals surface area contributed by atoms with Gasteiger partial charge in [0.25, 0.3) is 0 Å². The van der Waals surface area contributed by atoms with Gasteiger partial charge in [0.1, 0.15) is 0 Å². The summed E-state index contributed by atoms with van der Waals surface area (Å²) in [6.07, 6.45) is 2.34. The molecule has 1 unspecified atom stereocenters. The van der Waals surface area contributed by atoms with E-state index < -0.39 is 0 Å². The molecule has 0 heteroatoms. The fraction of sp³-hybridized carbons (Fsp3) is 0.222. The molecule has 0 nitrogen and oxygen atoms in total. The number of aryl methyl sites for hydroxylation is 1. The third-order valence-electron chi connectivity index (χ3n) is 3.41. The zero-order valence-electron chi connectivity index (χ0n) is 11.4. The lowest BCUT2D eigenvalue weighted by atomic mass is 9.93. The minimum absolute atomic E-state index is 0.450. The van der Waals surface area contributed by atoms with Gasteiger partial charge in [0.2, 0.25) is 0 Å². The minimum Gasteiger partial charge on any atom is -0.0737 e. The number of hydrogen-bond acceptors (Lipinski definition) is 0. The Morgan fingerprint density at radius 3 is 2.22 bits per heavy atom. The highest BCUT2D eigenvalue weighted by molar-refractivity contribution is 5.64. The third-order valence-corrected chi connectivity index (χ3v) is 3.41. The van der Waals surface area contributed by atoms with Crippen LogP contribution in [0.5, 0.6) is 0 Å². The monoisotopic (exact) mass is 236 g/mol. The molecule has 0 aliphatic heterocycles. The van der Waals surface area contributed by atoms with Gasteiger partial charge in [0, 0.05) is 0 Å². The van der Waals surface area contributed by atoms with Crippen molar-refractivity contribution in [2.75, 3.05) is 0 Å². The second-order valence-corrected chi connectivity index (χ2v) is 4.86. The second kappa shape index (κ2) is 5.68.